The van der Waals surface area contributed by atoms with E-state index in [9.17, 15) is 18.0 Å². The standard InChI is InChI=1S/C10H10N2O5S/c1-4-3-6(18(15,16)17)5(2)7-8(4)11-10(14)12-9(7)13/h3H,1-2H3,(H,15,16,17)(H2,11,12,13,14). The fourth-order valence-electron chi connectivity index (χ4n) is 1.91. The fourth-order valence-corrected chi connectivity index (χ4v) is 2.72. The molecule has 1 aromatic carbocycles. The summed E-state index contributed by atoms with van der Waals surface area (Å²) in [6.07, 6.45) is 0. The molecular weight excluding hydrogens is 260 g/mol. The Morgan fingerprint density at radius 1 is 1.17 bits per heavy atom. The maximum Gasteiger partial charge on any atom is 0.326 e. The molecule has 0 saturated carbocycles. The number of hydrogen-bond acceptors (Lipinski definition) is 4. The summed E-state index contributed by atoms with van der Waals surface area (Å²) >= 11 is 0. The monoisotopic (exact) mass is 270 g/mol. The Morgan fingerprint density at radius 2 is 1.78 bits per heavy atom. The van der Waals surface area contributed by atoms with Gasteiger partial charge >= 0.3 is 5.69 Å². The molecule has 18 heavy (non-hydrogen) atoms. The van der Waals surface area contributed by atoms with Gasteiger partial charge in [-0.2, -0.15) is 8.42 Å². The maximum atomic E-state index is 11.7. The zero-order valence-corrected chi connectivity index (χ0v) is 10.4. The van der Waals surface area contributed by atoms with Crippen LogP contribution in [0.25, 0.3) is 10.9 Å². The third-order valence-corrected chi connectivity index (χ3v) is 3.69. The van der Waals surface area contributed by atoms with Gasteiger partial charge in [-0.05, 0) is 31.0 Å². The van der Waals surface area contributed by atoms with Crippen molar-refractivity contribution in [3.63, 3.8) is 0 Å². The van der Waals surface area contributed by atoms with Crippen LogP contribution in [0.1, 0.15) is 11.1 Å². The number of benzene rings is 1. The quantitative estimate of drug-likeness (QED) is 0.634. The molecule has 8 heteroatoms. The van der Waals surface area contributed by atoms with Gasteiger partial charge in [0.2, 0.25) is 0 Å². The molecule has 2 rings (SSSR count). The van der Waals surface area contributed by atoms with E-state index in [2.05, 4.69) is 4.98 Å². The van der Waals surface area contributed by atoms with Crippen LogP contribution in [-0.2, 0) is 10.1 Å². The average molecular weight is 270 g/mol. The molecule has 0 amide bonds. The van der Waals surface area contributed by atoms with Crippen molar-refractivity contribution in [3.8, 4) is 0 Å². The van der Waals surface area contributed by atoms with Gasteiger partial charge < -0.3 is 4.98 Å². The van der Waals surface area contributed by atoms with Crippen molar-refractivity contribution in [1.29, 1.82) is 0 Å². The fraction of sp³-hybridized carbons (Fsp3) is 0.200. The van der Waals surface area contributed by atoms with Crippen LogP contribution in [0, 0.1) is 13.8 Å². The minimum absolute atomic E-state index is 0.0437. The Kier molecular flexibility index (Phi) is 2.63. The number of nitrogens with one attached hydrogen (secondary N) is 2. The van der Waals surface area contributed by atoms with Crippen molar-refractivity contribution in [1.82, 2.24) is 9.97 Å². The molecule has 1 aromatic heterocycles. The lowest BCUT2D eigenvalue weighted by Crippen LogP contribution is -2.23. The molecular formula is C10H10N2O5S. The van der Waals surface area contributed by atoms with Crippen molar-refractivity contribution < 1.29 is 13.0 Å². The molecule has 3 N–H and O–H groups in total. The molecule has 0 bridgehead atoms. The van der Waals surface area contributed by atoms with E-state index in [-0.39, 0.29) is 21.4 Å². The highest BCUT2D eigenvalue weighted by atomic mass is 32.2. The number of aromatic amines is 2. The van der Waals surface area contributed by atoms with E-state index in [1.54, 1.807) is 0 Å². The van der Waals surface area contributed by atoms with Crippen molar-refractivity contribution >= 4 is 21.0 Å². The highest BCUT2D eigenvalue weighted by molar-refractivity contribution is 7.85. The molecule has 96 valence electrons. The number of aryl methyl sites for hydroxylation is 2. The zero-order valence-electron chi connectivity index (χ0n) is 9.57. The smallest absolute Gasteiger partial charge is 0.307 e. The molecule has 7 nitrogen and oxygen atoms in total. The van der Waals surface area contributed by atoms with E-state index >= 15 is 0 Å². The van der Waals surface area contributed by atoms with Gasteiger partial charge in [-0.25, -0.2) is 4.79 Å². The Balaban J connectivity index is 3.15. The first-order valence-corrected chi connectivity index (χ1v) is 6.40. The van der Waals surface area contributed by atoms with Gasteiger partial charge in [0.05, 0.1) is 15.8 Å². The third-order valence-electron chi connectivity index (χ3n) is 2.71. The van der Waals surface area contributed by atoms with Crippen LogP contribution in [-0.4, -0.2) is 22.9 Å². The number of aromatic nitrogens is 2. The summed E-state index contributed by atoms with van der Waals surface area (Å²) in [7, 11) is -4.42. The minimum Gasteiger partial charge on any atom is -0.307 e. The number of fused-ring (bicyclic) bond motifs is 1. The van der Waals surface area contributed by atoms with Crippen LogP contribution >= 0.6 is 0 Å². The first kappa shape index (κ1) is 12.5. The summed E-state index contributed by atoms with van der Waals surface area (Å²) in [4.78, 5) is 27.0. The molecule has 0 radical (unpaired) electrons. The zero-order chi connectivity index (χ0) is 13.7. The van der Waals surface area contributed by atoms with E-state index < -0.39 is 21.4 Å². The summed E-state index contributed by atoms with van der Waals surface area (Å²) in [6, 6.07) is 1.21. The van der Waals surface area contributed by atoms with E-state index in [4.69, 9.17) is 4.55 Å². The Morgan fingerprint density at radius 3 is 2.33 bits per heavy atom. The number of hydrogen-bond donors (Lipinski definition) is 3. The molecule has 0 fully saturated rings. The Hall–Kier alpha value is -1.93. The predicted octanol–water partition coefficient (Wildman–Crippen LogP) is 0.0799. The highest BCUT2D eigenvalue weighted by Gasteiger charge is 2.19. The molecule has 0 aliphatic carbocycles. The van der Waals surface area contributed by atoms with Crippen LogP contribution in [0.15, 0.2) is 20.6 Å². The largest absolute Gasteiger partial charge is 0.326 e. The van der Waals surface area contributed by atoms with Crippen molar-refractivity contribution in [2.75, 3.05) is 0 Å². The van der Waals surface area contributed by atoms with Crippen LogP contribution in [0.3, 0.4) is 0 Å². The first-order chi connectivity index (χ1) is 8.21. The normalized spacial score (nSPS) is 11.9. The van der Waals surface area contributed by atoms with E-state index in [0.29, 0.717) is 5.56 Å². The maximum absolute atomic E-state index is 11.7. The lowest BCUT2D eigenvalue weighted by atomic mass is 10.1. The summed E-state index contributed by atoms with van der Waals surface area (Å²) in [6.45, 7) is 2.92. The highest BCUT2D eigenvalue weighted by Crippen LogP contribution is 2.23. The van der Waals surface area contributed by atoms with Gasteiger partial charge in [-0.3, -0.25) is 14.3 Å². The Labute approximate surface area is 101 Å². The average Bonchev–Trinajstić information content (AvgIpc) is 2.20. The topological polar surface area (TPSA) is 120 Å². The summed E-state index contributed by atoms with van der Waals surface area (Å²) in [5.74, 6) is 0. The van der Waals surface area contributed by atoms with Gasteiger partial charge in [0.25, 0.3) is 15.7 Å². The summed E-state index contributed by atoms with van der Waals surface area (Å²) < 4.78 is 31.5. The molecule has 0 aliphatic rings. The molecule has 0 atom stereocenters. The third kappa shape index (κ3) is 1.85. The lowest BCUT2D eigenvalue weighted by molar-refractivity contribution is 0.482. The van der Waals surface area contributed by atoms with Crippen molar-refractivity contribution in [2.24, 2.45) is 0 Å². The van der Waals surface area contributed by atoms with Gasteiger partial charge in [0.15, 0.2) is 0 Å². The lowest BCUT2D eigenvalue weighted by Gasteiger charge is -2.08. The molecule has 1 heterocycles. The van der Waals surface area contributed by atoms with Crippen LogP contribution in [0.4, 0.5) is 0 Å². The SMILES string of the molecule is Cc1cc(S(=O)(=O)O)c(C)c2c(=O)[nH]c(=O)[nH]c12. The molecule has 0 saturated heterocycles. The summed E-state index contributed by atoms with van der Waals surface area (Å²) in [5, 5.41) is 0.0437. The first-order valence-electron chi connectivity index (χ1n) is 4.96. The minimum atomic E-state index is -4.42. The Bertz CT molecular complexity index is 860. The van der Waals surface area contributed by atoms with Crippen LogP contribution < -0.4 is 11.2 Å². The second-order valence-electron chi connectivity index (χ2n) is 3.95. The number of rotatable bonds is 1. The second kappa shape index (κ2) is 3.79. The van der Waals surface area contributed by atoms with E-state index in [0.717, 1.165) is 0 Å². The van der Waals surface area contributed by atoms with Crippen LogP contribution in [0.5, 0.6) is 0 Å². The van der Waals surface area contributed by atoms with E-state index in [1.807, 2.05) is 4.98 Å². The van der Waals surface area contributed by atoms with Gasteiger partial charge in [0, 0.05) is 0 Å². The molecule has 0 spiro atoms. The predicted molar refractivity (Wildman–Crippen MR) is 64.5 cm³/mol. The van der Waals surface area contributed by atoms with Crippen molar-refractivity contribution in [2.45, 2.75) is 18.7 Å². The molecule has 0 aliphatic heterocycles. The van der Waals surface area contributed by atoms with Crippen molar-refractivity contribution in [3.05, 3.63) is 38.0 Å². The molecule has 0 unspecified atom stereocenters. The van der Waals surface area contributed by atoms with Crippen LogP contribution in [0.2, 0.25) is 0 Å². The van der Waals surface area contributed by atoms with Gasteiger partial charge in [-0.1, -0.05) is 0 Å². The van der Waals surface area contributed by atoms with Gasteiger partial charge in [-0.15, -0.1) is 0 Å². The second-order valence-corrected chi connectivity index (χ2v) is 5.34. The van der Waals surface area contributed by atoms with E-state index in [1.165, 1.54) is 19.9 Å². The van der Waals surface area contributed by atoms with Gasteiger partial charge in [0.1, 0.15) is 0 Å². The number of H-pyrrole nitrogens is 2. The molecule has 2 aromatic rings. The summed E-state index contributed by atoms with van der Waals surface area (Å²) in [5.41, 5.74) is -0.634.